The molecule has 2 atom stereocenters. The van der Waals surface area contributed by atoms with E-state index >= 15 is 0 Å². The predicted molar refractivity (Wildman–Crippen MR) is 104 cm³/mol. The number of aliphatic imine (C=N–C) groups is 1. The second-order valence-corrected chi connectivity index (χ2v) is 8.32. The minimum atomic E-state index is -1.04. The SMILES string of the molecule is CN1C(=O)C2(CC3(CCCOC3)Oc3ccc(-c4ccsc4)cc32)N=C1N. The Bertz CT molecular complexity index is 934. The highest BCUT2D eigenvalue weighted by atomic mass is 32.1. The fraction of sp³-hybridized carbons (Fsp3) is 0.400. The van der Waals surface area contributed by atoms with Gasteiger partial charge in [0.2, 0.25) is 0 Å². The normalized spacial score (nSPS) is 29.7. The van der Waals surface area contributed by atoms with Gasteiger partial charge in [0.1, 0.15) is 11.4 Å². The lowest BCUT2D eigenvalue weighted by Crippen LogP contribution is -2.55. The van der Waals surface area contributed by atoms with Crippen LogP contribution in [0.5, 0.6) is 5.75 Å². The molecule has 6 nitrogen and oxygen atoms in total. The van der Waals surface area contributed by atoms with Crippen molar-refractivity contribution in [2.75, 3.05) is 20.3 Å². The van der Waals surface area contributed by atoms with Crippen LogP contribution in [0.25, 0.3) is 11.1 Å². The number of guanidine groups is 1. The van der Waals surface area contributed by atoms with Gasteiger partial charge in [0, 0.05) is 25.6 Å². The van der Waals surface area contributed by atoms with E-state index in [0.717, 1.165) is 36.1 Å². The van der Waals surface area contributed by atoms with Crippen LogP contribution >= 0.6 is 11.3 Å². The van der Waals surface area contributed by atoms with Crippen molar-refractivity contribution in [2.24, 2.45) is 10.7 Å². The van der Waals surface area contributed by atoms with Crippen LogP contribution in [0.2, 0.25) is 0 Å². The van der Waals surface area contributed by atoms with Gasteiger partial charge in [-0.2, -0.15) is 11.3 Å². The van der Waals surface area contributed by atoms with Crippen molar-refractivity contribution in [1.29, 1.82) is 0 Å². The first kappa shape index (κ1) is 16.8. The second kappa shape index (κ2) is 5.81. The van der Waals surface area contributed by atoms with Crippen LogP contribution in [0.3, 0.4) is 0 Å². The Labute approximate surface area is 161 Å². The first-order valence-corrected chi connectivity index (χ1v) is 10.0. The highest BCUT2D eigenvalue weighted by Crippen LogP contribution is 2.51. The molecule has 1 saturated heterocycles. The molecule has 5 rings (SSSR count). The van der Waals surface area contributed by atoms with Crippen molar-refractivity contribution in [1.82, 2.24) is 4.90 Å². The molecular weight excluding hydrogens is 362 g/mol. The monoisotopic (exact) mass is 383 g/mol. The predicted octanol–water partition coefficient (Wildman–Crippen LogP) is 2.73. The molecule has 7 heteroatoms. The van der Waals surface area contributed by atoms with E-state index in [-0.39, 0.29) is 11.9 Å². The highest BCUT2D eigenvalue weighted by molar-refractivity contribution is 7.08. The second-order valence-electron chi connectivity index (χ2n) is 7.54. The van der Waals surface area contributed by atoms with E-state index in [2.05, 4.69) is 11.4 Å². The minimum Gasteiger partial charge on any atom is -0.484 e. The molecule has 3 aliphatic rings. The number of ether oxygens (including phenoxy) is 2. The molecule has 1 fully saturated rings. The molecule has 2 unspecified atom stereocenters. The number of benzene rings is 1. The molecule has 1 aromatic heterocycles. The third-order valence-corrected chi connectivity index (χ3v) is 6.46. The summed E-state index contributed by atoms with van der Waals surface area (Å²) in [5, 5.41) is 4.13. The van der Waals surface area contributed by atoms with Gasteiger partial charge in [0.15, 0.2) is 11.5 Å². The number of fused-ring (bicyclic) bond motifs is 2. The number of nitrogens with zero attached hydrogens (tertiary/aromatic N) is 2. The first-order valence-electron chi connectivity index (χ1n) is 9.10. The molecule has 27 heavy (non-hydrogen) atoms. The van der Waals surface area contributed by atoms with Gasteiger partial charge in [0.05, 0.1) is 6.61 Å². The standard InChI is InChI=1S/C20H21N3O3S/c1-23-17(24)20(22-18(23)21)11-19(6-2-7-25-12-19)26-16-4-3-13(9-15(16)20)14-5-8-27-10-14/h3-5,8-10H,2,6-7,11-12H2,1H3,(H2,21,22). The zero-order valence-electron chi connectivity index (χ0n) is 15.1. The Morgan fingerprint density at radius 3 is 2.85 bits per heavy atom. The van der Waals surface area contributed by atoms with Gasteiger partial charge >= 0.3 is 0 Å². The molecule has 3 aliphatic heterocycles. The number of likely N-dealkylation sites (N-methyl/N-ethyl adjacent to an activating group) is 1. The molecule has 140 valence electrons. The van der Waals surface area contributed by atoms with Crippen molar-refractivity contribution < 1.29 is 14.3 Å². The zero-order valence-corrected chi connectivity index (χ0v) is 15.9. The van der Waals surface area contributed by atoms with E-state index in [9.17, 15) is 4.79 Å². The highest BCUT2D eigenvalue weighted by Gasteiger charge is 2.58. The molecule has 1 aromatic carbocycles. The van der Waals surface area contributed by atoms with Crippen molar-refractivity contribution in [2.45, 2.75) is 30.4 Å². The number of thiophene rings is 1. The lowest BCUT2D eigenvalue weighted by molar-refractivity contribution is -0.139. The lowest BCUT2D eigenvalue weighted by atomic mass is 9.74. The Morgan fingerprint density at radius 2 is 2.19 bits per heavy atom. The summed E-state index contributed by atoms with van der Waals surface area (Å²) in [5.41, 5.74) is 7.44. The summed E-state index contributed by atoms with van der Waals surface area (Å²) in [4.78, 5) is 19.5. The van der Waals surface area contributed by atoms with E-state index in [1.807, 2.05) is 23.6 Å². The fourth-order valence-corrected chi connectivity index (χ4v) is 5.08. The van der Waals surface area contributed by atoms with E-state index < -0.39 is 11.1 Å². The smallest absolute Gasteiger partial charge is 0.261 e. The zero-order chi connectivity index (χ0) is 18.6. The molecule has 1 amide bonds. The number of amides is 1. The molecule has 0 aliphatic carbocycles. The van der Waals surface area contributed by atoms with E-state index in [1.54, 1.807) is 18.4 Å². The van der Waals surface area contributed by atoms with Crippen LogP contribution < -0.4 is 10.5 Å². The van der Waals surface area contributed by atoms with Gasteiger partial charge in [0.25, 0.3) is 5.91 Å². The number of hydrogen-bond donors (Lipinski definition) is 1. The molecule has 0 radical (unpaired) electrons. The average molecular weight is 383 g/mol. The number of rotatable bonds is 1. The van der Waals surface area contributed by atoms with Gasteiger partial charge in [-0.05, 0) is 52.9 Å². The quantitative estimate of drug-likeness (QED) is 0.821. The van der Waals surface area contributed by atoms with Crippen LogP contribution in [-0.2, 0) is 15.1 Å². The Hall–Kier alpha value is -2.38. The summed E-state index contributed by atoms with van der Waals surface area (Å²) in [5.74, 6) is 0.851. The van der Waals surface area contributed by atoms with Crippen LogP contribution in [-0.4, -0.2) is 42.6 Å². The number of carbonyl (C=O) groups is 1. The summed E-state index contributed by atoms with van der Waals surface area (Å²) in [6.45, 7) is 1.19. The third-order valence-electron chi connectivity index (χ3n) is 5.78. The summed E-state index contributed by atoms with van der Waals surface area (Å²) >= 11 is 1.64. The molecule has 0 saturated carbocycles. The maximum atomic E-state index is 13.3. The van der Waals surface area contributed by atoms with E-state index in [0.29, 0.717) is 18.8 Å². The Morgan fingerprint density at radius 1 is 1.30 bits per heavy atom. The maximum absolute atomic E-state index is 13.3. The van der Waals surface area contributed by atoms with Gasteiger partial charge in [-0.1, -0.05) is 6.07 Å². The number of hydrogen-bond acceptors (Lipinski definition) is 6. The van der Waals surface area contributed by atoms with Gasteiger partial charge in [-0.3, -0.25) is 9.69 Å². The van der Waals surface area contributed by atoms with E-state index in [4.69, 9.17) is 20.2 Å². The average Bonchev–Trinajstić information content (AvgIpc) is 3.27. The summed E-state index contributed by atoms with van der Waals surface area (Å²) in [6, 6.07) is 8.09. The van der Waals surface area contributed by atoms with Gasteiger partial charge in [-0.25, -0.2) is 4.99 Å². The maximum Gasteiger partial charge on any atom is 0.261 e. The van der Waals surface area contributed by atoms with Crippen LogP contribution in [0.4, 0.5) is 0 Å². The van der Waals surface area contributed by atoms with Gasteiger partial charge < -0.3 is 15.2 Å². The molecule has 2 spiro atoms. The summed E-state index contributed by atoms with van der Waals surface area (Å²) in [7, 11) is 1.68. The largest absolute Gasteiger partial charge is 0.484 e. The van der Waals surface area contributed by atoms with Crippen LogP contribution in [0, 0.1) is 0 Å². The lowest BCUT2D eigenvalue weighted by Gasteiger charge is -2.46. The summed E-state index contributed by atoms with van der Waals surface area (Å²) < 4.78 is 12.2. The third kappa shape index (κ3) is 2.41. The molecule has 0 bridgehead atoms. The summed E-state index contributed by atoms with van der Waals surface area (Å²) in [6.07, 6.45) is 2.19. The molecule has 4 heterocycles. The van der Waals surface area contributed by atoms with Crippen LogP contribution in [0.15, 0.2) is 40.0 Å². The molecular formula is C20H21N3O3S. The van der Waals surface area contributed by atoms with E-state index in [1.165, 1.54) is 4.90 Å². The fourth-order valence-electron chi connectivity index (χ4n) is 4.42. The van der Waals surface area contributed by atoms with Crippen LogP contribution in [0.1, 0.15) is 24.8 Å². The number of carbonyl (C=O) groups excluding carboxylic acids is 1. The van der Waals surface area contributed by atoms with Crippen molar-refractivity contribution in [3.63, 3.8) is 0 Å². The Balaban J connectivity index is 1.70. The van der Waals surface area contributed by atoms with Gasteiger partial charge in [-0.15, -0.1) is 0 Å². The Kier molecular flexibility index (Phi) is 3.61. The first-order chi connectivity index (χ1) is 13.0. The minimum absolute atomic E-state index is 0.100. The number of nitrogens with two attached hydrogens (primary N) is 1. The van der Waals surface area contributed by atoms with Crippen molar-refractivity contribution in [3.05, 3.63) is 40.6 Å². The topological polar surface area (TPSA) is 77.2 Å². The molecule has 2 aromatic rings. The van der Waals surface area contributed by atoms with Crippen molar-refractivity contribution >= 4 is 23.2 Å². The van der Waals surface area contributed by atoms with Crippen molar-refractivity contribution in [3.8, 4) is 16.9 Å². The molecule has 2 N–H and O–H groups in total.